The molecule has 144 valence electrons. The SMILES string of the molecule is CC(O)CC1CCCCc2c1oc(=O)c(C(c1ccccc1)C1CC1)c2O. The van der Waals surface area contributed by atoms with E-state index in [2.05, 4.69) is 0 Å². The Morgan fingerprint density at radius 1 is 1.15 bits per heavy atom. The Labute approximate surface area is 159 Å². The highest BCUT2D eigenvalue weighted by molar-refractivity contribution is 5.47. The maximum absolute atomic E-state index is 13.0. The van der Waals surface area contributed by atoms with E-state index >= 15 is 0 Å². The van der Waals surface area contributed by atoms with Crippen molar-refractivity contribution in [3.8, 4) is 5.75 Å². The van der Waals surface area contributed by atoms with Crippen LogP contribution in [0.4, 0.5) is 0 Å². The van der Waals surface area contributed by atoms with Gasteiger partial charge in [0.05, 0.1) is 11.7 Å². The summed E-state index contributed by atoms with van der Waals surface area (Å²) in [5.41, 5.74) is 1.87. The van der Waals surface area contributed by atoms with Crippen LogP contribution in [0, 0.1) is 5.92 Å². The number of aromatic hydroxyl groups is 1. The molecule has 0 radical (unpaired) electrons. The maximum atomic E-state index is 13.0. The summed E-state index contributed by atoms with van der Waals surface area (Å²) in [6, 6.07) is 9.98. The van der Waals surface area contributed by atoms with E-state index in [1.807, 2.05) is 30.3 Å². The van der Waals surface area contributed by atoms with Crippen molar-refractivity contribution in [2.75, 3.05) is 0 Å². The van der Waals surface area contributed by atoms with Gasteiger partial charge in [0.2, 0.25) is 0 Å². The minimum atomic E-state index is -0.461. The molecule has 4 nitrogen and oxygen atoms in total. The second kappa shape index (κ2) is 7.51. The van der Waals surface area contributed by atoms with E-state index in [1.165, 1.54) is 0 Å². The molecule has 27 heavy (non-hydrogen) atoms. The van der Waals surface area contributed by atoms with Crippen molar-refractivity contribution in [3.63, 3.8) is 0 Å². The van der Waals surface area contributed by atoms with Crippen LogP contribution in [0.5, 0.6) is 5.75 Å². The van der Waals surface area contributed by atoms with Crippen LogP contribution in [0.2, 0.25) is 0 Å². The first-order chi connectivity index (χ1) is 13.1. The highest BCUT2D eigenvalue weighted by Crippen LogP contribution is 2.49. The topological polar surface area (TPSA) is 70.7 Å². The lowest BCUT2D eigenvalue weighted by molar-refractivity contribution is 0.166. The fraction of sp³-hybridized carbons (Fsp3) is 0.522. The molecule has 0 saturated heterocycles. The third-order valence-corrected chi connectivity index (χ3v) is 6.05. The smallest absolute Gasteiger partial charge is 0.343 e. The number of benzene rings is 1. The third-order valence-electron chi connectivity index (χ3n) is 6.05. The van der Waals surface area contributed by atoms with Crippen LogP contribution in [0.15, 0.2) is 39.5 Å². The summed E-state index contributed by atoms with van der Waals surface area (Å²) in [6.45, 7) is 1.76. The first kappa shape index (κ1) is 18.3. The van der Waals surface area contributed by atoms with E-state index in [0.29, 0.717) is 23.7 Å². The first-order valence-electron chi connectivity index (χ1n) is 10.2. The largest absolute Gasteiger partial charge is 0.507 e. The zero-order valence-electron chi connectivity index (χ0n) is 15.9. The van der Waals surface area contributed by atoms with E-state index in [1.54, 1.807) is 6.92 Å². The van der Waals surface area contributed by atoms with Gasteiger partial charge in [0.15, 0.2) is 0 Å². The second-order valence-electron chi connectivity index (χ2n) is 8.25. The molecule has 4 heteroatoms. The van der Waals surface area contributed by atoms with Gasteiger partial charge < -0.3 is 14.6 Å². The van der Waals surface area contributed by atoms with Crippen molar-refractivity contribution in [1.82, 2.24) is 0 Å². The quantitative estimate of drug-likeness (QED) is 0.764. The molecule has 0 aliphatic heterocycles. The van der Waals surface area contributed by atoms with Crippen molar-refractivity contribution >= 4 is 0 Å². The van der Waals surface area contributed by atoms with Crippen LogP contribution in [0.3, 0.4) is 0 Å². The molecule has 1 heterocycles. The van der Waals surface area contributed by atoms with Crippen molar-refractivity contribution in [1.29, 1.82) is 0 Å². The number of hydrogen-bond acceptors (Lipinski definition) is 4. The van der Waals surface area contributed by atoms with Gasteiger partial charge in [0, 0.05) is 17.4 Å². The number of hydrogen-bond donors (Lipinski definition) is 2. The second-order valence-corrected chi connectivity index (χ2v) is 8.25. The van der Waals surface area contributed by atoms with Crippen LogP contribution < -0.4 is 5.63 Å². The van der Waals surface area contributed by atoms with Gasteiger partial charge in [-0.3, -0.25) is 0 Å². The Balaban J connectivity index is 1.83. The number of aliphatic hydroxyl groups excluding tert-OH is 1. The Morgan fingerprint density at radius 2 is 1.89 bits per heavy atom. The van der Waals surface area contributed by atoms with Gasteiger partial charge in [-0.1, -0.05) is 36.8 Å². The van der Waals surface area contributed by atoms with Crippen LogP contribution in [-0.2, 0) is 6.42 Å². The highest BCUT2D eigenvalue weighted by Gasteiger charge is 2.39. The number of rotatable bonds is 5. The molecule has 4 rings (SSSR count). The summed E-state index contributed by atoms with van der Waals surface area (Å²) in [5.74, 6) is 1.01. The van der Waals surface area contributed by atoms with E-state index < -0.39 is 11.7 Å². The summed E-state index contributed by atoms with van der Waals surface area (Å²) in [6.07, 6.45) is 5.81. The molecule has 2 aliphatic carbocycles. The lowest BCUT2D eigenvalue weighted by Crippen LogP contribution is -2.20. The minimum absolute atomic E-state index is 0.00810. The molecule has 3 atom stereocenters. The Kier molecular flexibility index (Phi) is 5.09. The Hall–Kier alpha value is -2.07. The molecule has 1 aromatic carbocycles. The normalized spacial score (nSPS) is 21.9. The highest BCUT2D eigenvalue weighted by atomic mass is 16.4. The lowest BCUT2D eigenvalue weighted by atomic mass is 9.85. The summed E-state index contributed by atoms with van der Waals surface area (Å²) in [7, 11) is 0. The zero-order chi connectivity index (χ0) is 19.0. The van der Waals surface area contributed by atoms with Crippen molar-refractivity contribution in [2.24, 2.45) is 5.92 Å². The van der Waals surface area contributed by atoms with Crippen LogP contribution in [-0.4, -0.2) is 16.3 Å². The van der Waals surface area contributed by atoms with Crippen molar-refractivity contribution in [3.05, 3.63) is 63.2 Å². The maximum Gasteiger partial charge on any atom is 0.343 e. The molecular weight excluding hydrogens is 340 g/mol. The molecule has 2 aliphatic rings. The molecule has 1 aromatic heterocycles. The molecule has 0 amide bonds. The molecule has 2 aromatic rings. The van der Waals surface area contributed by atoms with E-state index in [0.717, 1.165) is 49.7 Å². The molecule has 1 saturated carbocycles. The fourth-order valence-corrected chi connectivity index (χ4v) is 4.66. The van der Waals surface area contributed by atoms with E-state index in [-0.39, 0.29) is 17.6 Å². The predicted molar refractivity (Wildman–Crippen MR) is 104 cm³/mol. The van der Waals surface area contributed by atoms with Gasteiger partial charge in [-0.15, -0.1) is 0 Å². The van der Waals surface area contributed by atoms with Crippen LogP contribution in [0.25, 0.3) is 0 Å². The Morgan fingerprint density at radius 3 is 2.56 bits per heavy atom. The standard InChI is InChI=1S/C23H28O4/c1-14(24)13-17-9-5-6-10-18-21(25)20(23(26)27-22(17)18)19(16-11-12-16)15-7-3-2-4-8-15/h2-4,7-8,14,16-17,19,24-25H,5-6,9-13H2,1H3. The lowest BCUT2D eigenvalue weighted by Gasteiger charge is -2.22. The van der Waals surface area contributed by atoms with Gasteiger partial charge in [-0.25, -0.2) is 4.79 Å². The molecule has 1 fully saturated rings. The average Bonchev–Trinajstić information content (AvgIpc) is 3.48. The predicted octanol–water partition coefficient (Wildman–Crippen LogP) is 4.47. The summed E-state index contributed by atoms with van der Waals surface area (Å²) < 4.78 is 5.86. The van der Waals surface area contributed by atoms with Crippen molar-refractivity contribution in [2.45, 2.75) is 69.8 Å². The molecule has 0 spiro atoms. The van der Waals surface area contributed by atoms with Gasteiger partial charge in [-0.2, -0.15) is 0 Å². The summed E-state index contributed by atoms with van der Waals surface area (Å²) in [5, 5.41) is 21.0. The van der Waals surface area contributed by atoms with E-state index in [9.17, 15) is 15.0 Å². The first-order valence-corrected chi connectivity index (χ1v) is 10.2. The fourth-order valence-electron chi connectivity index (χ4n) is 4.66. The Bertz CT molecular complexity index is 849. The summed E-state index contributed by atoms with van der Waals surface area (Å²) in [4.78, 5) is 13.0. The van der Waals surface area contributed by atoms with Gasteiger partial charge in [-0.05, 0) is 56.9 Å². The van der Waals surface area contributed by atoms with Crippen molar-refractivity contribution < 1.29 is 14.6 Å². The average molecular weight is 368 g/mol. The number of aliphatic hydroxyl groups is 1. The monoisotopic (exact) mass is 368 g/mol. The third kappa shape index (κ3) is 3.68. The van der Waals surface area contributed by atoms with Gasteiger partial charge in [0.25, 0.3) is 0 Å². The summed E-state index contributed by atoms with van der Waals surface area (Å²) >= 11 is 0. The van der Waals surface area contributed by atoms with Gasteiger partial charge >= 0.3 is 5.63 Å². The van der Waals surface area contributed by atoms with Crippen LogP contribution in [0.1, 0.15) is 79.7 Å². The van der Waals surface area contributed by atoms with E-state index in [4.69, 9.17) is 4.42 Å². The number of fused-ring (bicyclic) bond motifs is 1. The van der Waals surface area contributed by atoms with Gasteiger partial charge in [0.1, 0.15) is 11.5 Å². The van der Waals surface area contributed by atoms with Crippen LogP contribution >= 0.6 is 0 Å². The molecule has 2 N–H and O–H groups in total. The minimum Gasteiger partial charge on any atom is -0.507 e. The molecule has 0 bridgehead atoms. The molecule has 3 unspecified atom stereocenters. The molecular formula is C23H28O4. The zero-order valence-corrected chi connectivity index (χ0v) is 15.9.